The summed E-state index contributed by atoms with van der Waals surface area (Å²) in [6, 6.07) is 10.9. The third-order valence-corrected chi connectivity index (χ3v) is 5.34. The van der Waals surface area contributed by atoms with Crippen LogP contribution in [0, 0.1) is 13.8 Å². The van der Waals surface area contributed by atoms with E-state index in [1.807, 2.05) is 26.0 Å². The molecule has 0 aromatic heterocycles. The van der Waals surface area contributed by atoms with Gasteiger partial charge >= 0.3 is 0 Å². The van der Waals surface area contributed by atoms with Crippen molar-refractivity contribution in [2.45, 2.75) is 24.8 Å². The largest absolute Gasteiger partial charge is 0.323 e. The molecule has 2 nitrogen and oxygen atoms in total. The van der Waals surface area contributed by atoms with Gasteiger partial charge in [-0.1, -0.05) is 52.5 Å². The molecule has 0 aliphatic heterocycles. The van der Waals surface area contributed by atoms with Gasteiger partial charge < -0.3 is 5.73 Å². The van der Waals surface area contributed by atoms with Crippen molar-refractivity contribution in [1.29, 1.82) is 0 Å². The molecule has 0 saturated heterocycles. The van der Waals surface area contributed by atoms with E-state index >= 15 is 0 Å². The van der Waals surface area contributed by atoms with E-state index in [-0.39, 0.29) is 6.04 Å². The van der Waals surface area contributed by atoms with Crippen molar-refractivity contribution in [2.24, 2.45) is 5.73 Å². The lowest BCUT2D eigenvalue weighted by Crippen LogP contribution is -2.18. The number of benzene rings is 2. The fourth-order valence-corrected chi connectivity index (χ4v) is 3.74. The van der Waals surface area contributed by atoms with Crippen molar-refractivity contribution < 1.29 is 4.21 Å². The molecule has 0 bridgehead atoms. The van der Waals surface area contributed by atoms with E-state index in [1.165, 1.54) is 0 Å². The number of halogens is 2. The Bertz CT molecular complexity index is 668. The third-order valence-electron chi connectivity index (χ3n) is 3.16. The zero-order chi connectivity index (χ0) is 15.6. The molecule has 0 aliphatic rings. The van der Waals surface area contributed by atoms with E-state index in [9.17, 15) is 4.21 Å². The number of hydrogen-bond donors (Lipinski definition) is 1. The van der Waals surface area contributed by atoms with E-state index in [4.69, 9.17) is 28.9 Å². The van der Waals surface area contributed by atoms with Gasteiger partial charge in [0.1, 0.15) is 0 Å². The molecule has 2 aromatic rings. The van der Waals surface area contributed by atoms with Gasteiger partial charge in [0.25, 0.3) is 0 Å². The molecular formula is C16H17Cl2NOS. The molecule has 0 saturated carbocycles. The average Bonchev–Trinajstić information content (AvgIpc) is 2.40. The maximum absolute atomic E-state index is 12.4. The summed E-state index contributed by atoms with van der Waals surface area (Å²) in [5.41, 5.74) is 9.49. The van der Waals surface area contributed by atoms with Gasteiger partial charge in [-0.2, -0.15) is 0 Å². The summed E-state index contributed by atoms with van der Waals surface area (Å²) in [5.74, 6) is 0.348. The van der Waals surface area contributed by atoms with E-state index in [2.05, 4.69) is 6.07 Å². The molecule has 2 atom stereocenters. The van der Waals surface area contributed by atoms with Crippen molar-refractivity contribution in [3.63, 3.8) is 0 Å². The number of rotatable bonds is 4. The molecule has 2 aromatic carbocycles. The summed E-state index contributed by atoms with van der Waals surface area (Å²) >= 11 is 11.8. The molecule has 0 heterocycles. The summed E-state index contributed by atoms with van der Waals surface area (Å²) in [6.07, 6.45) is 0. The van der Waals surface area contributed by atoms with Gasteiger partial charge in [-0.05, 0) is 37.6 Å². The summed E-state index contributed by atoms with van der Waals surface area (Å²) < 4.78 is 12.4. The van der Waals surface area contributed by atoms with Crippen molar-refractivity contribution in [3.05, 3.63) is 63.1 Å². The summed E-state index contributed by atoms with van der Waals surface area (Å²) in [5, 5.41) is 0.860. The lowest BCUT2D eigenvalue weighted by atomic mass is 10.0. The Kier molecular flexibility index (Phi) is 5.44. The first kappa shape index (κ1) is 16.5. The van der Waals surface area contributed by atoms with Crippen LogP contribution in [0.3, 0.4) is 0 Å². The average molecular weight is 342 g/mol. The van der Waals surface area contributed by atoms with Crippen LogP contribution in [0.5, 0.6) is 0 Å². The molecular weight excluding hydrogens is 325 g/mol. The van der Waals surface area contributed by atoms with Gasteiger partial charge in [-0.15, -0.1) is 0 Å². The minimum absolute atomic E-state index is 0.279. The first-order chi connectivity index (χ1) is 9.86. The van der Waals surface area contributed by atoms with Crippen LogP contribution in [0.15, 0.2) is 41.3 Å². The molecule has 2 unspecified atom stereocenters. The van der Waals surface area contributed by atoms with E-state index in [0.29, 0.717) is 20.7 Å². The fourth-order valence-electron chi connectivity index (χ4n) is 2.20. The van der Waals surface area contributed by atoms with Crippen LogP contribution in [-0.4, -0.2) is 9.96 Å². The highest BCUT2D eigenvalue weighted by molar-refractivity contribution is 7.85. The van der Waals surface area contributed by atoms with Gasteiger partial charge in [0.05, 0.1) is 20.8 Å². The maximum atomic E-state index is 12.4. The van der Waals surface area contributed by atoms with E-state index in [1.54, 1.807) is 18.2 Å². The Labute approximate surface area is 137 Å². The summed E-state index contributed by atoms with van der Waals surface area (Å²) in [6.45, 7) is 4.05. The predicted octanol–water partition coefficient (Wildman–Crippen LogP) is 4.42. The van der Waals surface area contributed by atoms with Gasteiger partial charge in [-0.3, -0.25) is 4.21 Å². The van der Waals surface area contributed by atoms with Crippen molar-refractivity contribution in [1.82, 2.24) is 0 Å². The highest BCUT2D eigenvalue weighted by atomic mass is 35.5. The van der Waals surface area contributed by atoms with E-state index in [0.717, 1.165) is 16.7 Å². The van der Waals surface area contributed by atoms with Crippen molar-refractivity contribution in [2.75, 3.05) is 5.75 Å². The lowest BCUT2D eigenvalue weighted by Gasteiger charge is -2.14. The normalized spacial score (nSPS) is 14.0. The Balaban J connectivity index is 2.16. The number of aryl methyl sites for hydroxylation is 2. The first-order valence-corrected chi connectivity index (χ1v) is 8.61. The van der Waals surface area contributed by atoms with Crippen LogP contribution < -0.4 is 5.73 Å². The SMILES string of the molecule is Cc1cc(C)cc(C(N)CS(=O)c2ccc(Cl)c(Cl)c2)c1. The van der Waals surface area contributed by atoms with Crippen LogP contribution in [0.4, 0.5) is 0 Å². The van der Waals surface area contributed by atoms with Crippen LogP contribution in [0.2, 0.25) is 10.0 Å². The second-order valence-electron chi connectivity index (χ2n) is 5.12. The minimum Gasteiger partial charge on any atom is -0.323 e. The molecule has 0 aliphatic carbocycles. The Morgan fingerprint density at radius 3 is 2.24 bits per heavy atom. The van der Waals surface area contributed by atoms with Crippen LogP contribution in [0.25, 0.3) is 0 Å². The second-order valence-corrected chi connectivity index (χ2v) is 7.43. The van der Waals surface area contributed by atoms with Gasteiger partial charge in [0.2, 0.25) is 0 Å². The Hall–Kier alpha value is -0.870. The van der Waals surface area contributed by atoms with Gasteiger partial charge in [0, 0.05) is 16.7 Å². The van der Waals surface area contributed by atoms with Gasteiger partial charge in [-0.25, -0.2) is 0 Å². The minimum atomic E-state index is -1.21. The first-order valence-electron chi connectivity index (χ1n) is 6.54. The molecule has 0 spiro atoms. The lowest BCUT2D eigenvalue weighted by molar-refractivity contribution is 0.675. The molecule has 21 heavy (non-hydrogen) atoms. The zero-order valence-corrected chi connectivity index (χ0v) is 14.2. The number of nitrogens with two attached hydrogens (primary N) is 1. The molecule has 5 heteroatoms. The van der Waals surface area contributed by atoms with Crippen molar-refractivity contribution >= 4 is 34.0 Å². The third kappa shape index (κ3) is 4.30. The Morgan fingerprint density at radius 2 is 1.67 bits per heavy atom. The topological polar surface area (TPSA) is 43.1 Å². The Morgan fingerprint density at radius 1 is 1.05 bits per heavy atom. The molecule has 2 rings (SSSR count). The second kappa shape index (κ2) is 6.93. The predicted molar refractivity (Wildman–Crippen MR) is 90.6 cm³/mol. The highest BCUT2D eigenvalue weighted by Crippen LogP contribution is 2.25. The monoisotopic (exact) mass is 341 g/mol. The molecule has 0 amide bonds. The van der Waals surface area contributed by atoms with Crippen LogP contribution >= 0.6 is 23.2 Å². The maximum Gasteiger partial charge on any atom is 0.0604 e. The standard InChI is InChI=1S/C16H17Cl2NOS/c1-10-5-11(2)7-12(6-10)16(19)9-21(20)13-3-4-14(17)15(18)8-13/h3-8,16H,9,19H2,1-2H3. The summed E-state index contributed by atoms with van der Waals surface area (Å²) in [7, 11) is -1.21. The molecule has 0 radical (unpaired) electrons. The fraction of sp³-hybridized carbons (Fsp3) is 0.250. The smallest absolute Gasteiger partial charge is 0.0604 e. The van der Waals surface area contributed by atoms with Gasteiger partial charge in [0.15, 0.2) is 0 Å². The van der Waals surface area contributed by atoms with Crippen LogP contribution in [-0.2, 0) is 10.8 Å². The molecule has 112 valence electrons. The molecule has 2 N–H and O–H groups in total. The highest BCUT2D eigenvalue weighted by Gasteiger charge is 2.14. The van der Waals surface area contributed by atoms with E-state index < -0.39 is 10.8 Å². The molecule has 0 fully saturated rings. The number of hydrogen-bond acceptors (Lipinski definition) is 2. The zero-order valence-electron chi connectivity index (χ0n) is 11.9. The van der Waals surface area contributed by atoms with Crippen LogP contribution in [0.1, 0.15) is 22.7 Å². The quantitative estimate of drug-likeness (QED) is 0.894. The summed E-state index contributed by atoms with van der Waals surface area (Å²) in [4.78, 5) is 0.643. The van der Waals surface area contributed by atoms with Crippen molar-refractivity contribution in [3.8, 4) is 0 Å².